The smallest absolute Gasteiger partial charge is 0.261 e. The first kappa shape index (κ1) is 25.2. The van der Waals surface area contributed by atoms with Crippen LogP contribution in [0.4, 0.5) is 0 Å². The van der Waals surface area contributed by atoms with Gasteiger partial charge in [0.05, 0.1) is 6.10 Å². The molecule has 32 heavy (non-hydrogen) atoms. The van der Waals surface area contributed by atoms with E-state index in [-0.39, 0.29) is 22.8 Å². The van der Waals surface area contributed by atoms with Crippen LogP contribution in [0.25, 0.3) is 0 Å². The topological polar surface area (TPSA) is 27.7 Å². The van der Waals surface area contributed by atoms with Gasteiger partial charge in [0.15, 0.2) is 6.29 Å². The Labute approximate surface area is 196 Å². The van der Waals surface area contributed by atoms with Crippen molar-refractivity contribution in [2.45, 2.75) is 84.7 Å². The standard InChI is InChI=1S/C28H42O3Si/c1-7-25(31-26-20-14-15-21-29-26)28(5,6)22-30-32(27(2,3)4,23-16-10-8-11-17-23)24-18-12-9-13-19-24/h8-13,16-19,25-26H,7,14-15,20-22H2,1-6H3/t25-,26?/m0/s1. The number of ether oxygens (including phenoxy) is 2. The van der Waals surface area contributed by atoms with Crippen LogP contribution in [-0.4, -0.2) is 33.9 Å². The Bertz CT molecular complexity index is 768. The van der Waals surface area contributed by atoms with Crippen LogP contribution in [0.5, 0.6) is 0 Å². The molecule has 1 heterocycles. The molecular formula is C28H42O3Si. The fraction of sp³-hybridized carbons (Fsp3) is 0.571. The average Bonchev–Trinajstić information content (AvgIpc) is 2.79. The summed E-state index contributed by atoms with van der Waals surface area (Å²) in [4.78, 5) is 0. The van der Waals surface area contributed by atoms with Crippen molar-refractivity contribution >= 4 is 18.7 Å². The van der Waals surface area contributed by atoms with Gasteiger partial charge >= 0.3 is 0 Å². The van der Waals surface area contributed by atoms with Gasteiger partial charge in [-0.05, 0) is 41.1 Å². The molecule has 1 aliphatic heterocycles. The zero-order valence-corrected chi connectivity index (χ0v) is 21.9. The van der Waals surface area contributed by atoms with Crippen LogP contribution in [0, 0.1) is 5.41 Å². The summed E-state index contributed by atoms with van der Waals surface area (Å²) in [7, 11) is -2.56. The van der Waals surface area contributed by atoms with Crippen LogP contribution < -0.4 is 10.4 Å². The maximum absolute atomic E-state index is 7.22. The molecule has 0 aromatic heterocycles. The normalized spacial score (nSPS) is 19.0. The van der Waals surface area contributed by atoms with Crippen LogP contribution in [0.3, 0.4) is 0 Å². The van der Waals surface area contributed by atoms with Gasteiger partial charge in [-0.2, -0.15) is 0 Å². The summed E-state index contributed by atoms with van der Waals surface area (Å²) in [5.74, 6) is 0. The third-order valence-electron chi connectivity index (χ3n) is 6.77. The summed E-state index contributed by atoms with van der Waals surface area (Å²) in [6.45, 7) is 15.2. The summed E-state index contributed by atoms with van der Waals surface area (Å²) in [6.07, 6.45) is 4.25. The van der Waals surface area contributed by atoms with Gasteiger partial charge in [0.25, 0.3) is 8.32 Å². The quantitative estimate of drug-likeness (QED) is 0.441. The van der Waals surface area contributed by atoms with Gasteiger partial charge < -0.3 is 13.9 Å². The molecule has 1 saturated heterocycles. The largest absolute Gasteiger partial charge is 0.407 e. The molecule has 0 bridgehead atoms. The summed E-state index contributed by atoms with van der Waals surface area (Å²) >= 11 is 0. The fourth-order valence-electron chi connectivity index (χ4n) is 4.98. The zero-order chi connectivity index (χ0) is 23.2. The van der Waals surface area contributed by atoms with Crippen LogP contribution in [-0.2, 0) is 13.9 Å². The molecule has 2 aromatic rings. The Balaban J connectivity index is 1.92. The zero-order valence-electron chi connectivity index (χ0n) is 20.9. The molecule has 3 rings (SSSR count). The first-order valence-corrected chi connectivity index (χ1v) is 14.1. The van der Waals surface area contributed by atoms with Gasteiger partial charge in [-0.3, -0.25) is 0 Å². The van der Waals surface area contributed by atoms with Gasteiger partial charge in [-0.1, -0.05) is 102 Å². The van der Waals surface area contributed by atoms with Crippen LogP contribution in [0.15, 0.2) is 60.7 Å². The molecule has 1 aliphatic rings. The first-order valence-electron chi connectivity index (χ1n) is 12.2. The third-order valence-corrected chi connectivity index (χ3v) is 11.8. The summed E-state index contributed by atoms with van der Waals surface area (Å²) in [6, 6.07) is 21.7. The van der Waals surface area contributed by atoms with Crippen molar-refractivity contribution in [1.29, 1.82) is 0 Å². The van der Waals surface area contributed by atoms with Gasteiger partial charge in [0, 0.05) is 18.6 Å². The van der Waals surface area contributed by atoms with E-state index in [2.05, 4.69) is 102 Å². The predicted molar refractivity (Wildman–Crippen MR) is 136 cm³/mol. The molecule has 1 unspecified atom stereocenters. The highest BCUT2D eigenvalue weighted by molar-refractivity contribution is 6.99. The lowest BCUT2D eigenvalue weighted by Crippen LogP contribution is -2.67. The van der Waals surface area contributed by atoms with E-state index in [4.69, 9.17) is 13.9 Å². The molecule has 176 valence electrons. The molecule has 1 fully saturated rings. The molecule has 2 atom stereocenters. The number of hydrogen-bond acceptors (Lipinski definition) is 3. The third kappa shape index (κ3) is 5.53. The Kier molecular flexibility index (Phi) is 8.37. The van der Waals surface area contributed by atoms with Crippen molar-refractivity contribution < 1.29 is 13.9 Å². The molecule has 0 radical (unpaired) electrons. The van der Waals surface area contributed by atoms with Crippen molar-refractivity contribution in [1.82, 2.24) is 0 Å². The fourth-order valence-corrected chi connectivity index (χ4v) is 9.73. The van der Waals surface area contributed by atoms with Crippen molar-refractivity contribution in [2.24, 2.45) is 5.41 Å². The number of benzene rings is 2. The minimum atomic E-state index is -2.56. The van der Waals surface area contributed by atoms with E-state index in [0.29, 0.717) is 6.61 Å². The van der Waals surface area contributed by atoms with E-state index >= 15 is 0 Å². The highest BCUT2D eigenvalue weighted by atomic mass is 28.4. The Hall–Kier alpha value is -1.46. The second-order valence-corrected chi connectivity index (χ2v) is 15.1. The minimum absolute atomic E-state index is 0.0269. The highest BCUT2D eigenvalue weighted by Gasteiger charge is 2.51. The monoisotopic (exact) mass is 454 g/mol. The first-order chi connectivity index (χ1) is 15.2. The van der Waals surface area contributed by atoms with Crippen LogP contribution >= 0.6 is 0 Å². The van der Waals surface area contributed by atoms with E-state index in [0.717, 1.165) is 25.9 Å². The lowest BCUT2D eigenvalue weighted by Gasteiger charge is -2.46. The SMILES string of the molecule is CC[C@H](OC1CCCCO1)C(C)(C)CO[Si](c1ccccc1)(c1ccccc1)C(C)(C)C. The maximum Gasteiger partial charge on any atom is 0.261 e. The molecular weight excluding hydrogens is 412 g/mol. The molecule has 0 amide bonds. The van der Waals surface area contributed by atoms with Gasteiger partial charge in [0.1, 0.15) is 0 Å². The molecule has 2 aromatic carbocycles. The Morgan fingerprint density at radius 3 is 1.91 bits per heavy atom. The summed E-state index contributed by atoms with van der Waals surface area (Å²) in [5, 5.41) is 2.61. The molecule has 0 N–H and O–H groups in total. The molecule has 0 aliphatic carbocycles. The molecule has 0 saturated carbocycles. The average molecular weight is 455 g/mol. The lowest BCUT2D eigenvalue weighted by atomic mass is 9.86. The minimum Gasteiger partial charge on any atom is -0.407 e. The van der Waals surface area contributed by atoms with Gasteiger partial charge in [-0.15, -0.1) is 0 Å². The molecule has 4 heteroatoms. The van der Waals surface area contributed by atoms with Crippen LogP contribution in [0.2, 0.25) is 5.04 Å². The van der Waals surface area contributed by atoms with E-state index in [9.17, 15) is 0 Å². The molecule has 3 nitrogen and oxygen atoms in total. The predicted octanol–water partition coefficient (Wildman–Crippen LogP) is 5.91. The number of hydrogen-bond donors (Lipinski definition) is 0. The van der Waals surface area contributed by atoms with E-state index < -0.39 is 8.32 Å². The van der Waals surface area contributed by atoms with Crippen LogP contribution in [0.1, 0.15) is 67.2 Å². The highest BCUT2D eigenvalue weighted by Crippen LogP contribution is 2.39. The second-order valence-electron chi connectivity index (χ2n) is 10.8. The van der Waals surface area contributed by atoms with E-state index in [1.54, 1.807) is 0 Å². The van der Waals surface area contributed by atoms with Gasteiger partial charge in [-0.25, -0.2) is 0 Å². The van der Waals surface area contributed by atoms with Crippen molar-refractivity contribution in [3.05, 3.63) is 60.7 Å². The van der Waals surface area contributed by atoms with E-state index in [1.165, 1.54) is 16.8 Å². The van der Waals surface area contributed by atoms with Crippen molar-refractivity contribution in [3.8, 4) is 0 Å². The van der Waals surface area contributed by atoms with Crippen molar-refractivity contribution in [2.75, 3.05) is 13.2 Å². The Morgan fingerprint density at radius 2 is 1.47 bits per heavy atom. The lowest BCUT2D eigenvalue weighted by molar-refractivity contribution is -0.212. The number of rotatable bonds is 9. The van der Waals surface area contributed by atoms with Crippen molar-refractivity contribution in [3.63, 3.8) is 0 Å². The molecule has 0 spiro atoms. The maximum atomic E-state index is 7.22. The summed E-state index contributed by atoms with van der Waals surface area (Å²) in [5.41, 5.74) is -0.136. The summed E-state index contributed by atoms with van der Waals surface area (Å²) < 4.78 is 19.6. The van der Waals surface area contributed by atoms with E-state index in [1.807, 2.05) is 0 Å². The second kappa shape index (κ2) is 10.6. The van der Waals surface area contributed by atoms with Gasteiger partial charge in [0.2, 0.25) is 0 Å². The Morgan fingerprint density at radius 1 is 0.906 bits per heavy atom.